The maximum atomic E-state index is 13.4. The van der Waals surface area contributed by atoms with E-state index in [4.69, 9.17) is 11.6 Å². The normalized spacial score (nSPS) is 12.0. The number of rotatable bonds is 3. The van der Waals surface area contributed by atoms with Crippen LogP contribution in [0.25, 0.3) is 5.69 Å². The molecule has 5 nitrogen and oxygen atoms in total. The summed E-state index contributed by atoms with van der Waals surface area (Å²) in [5.74, 6) is -1.45. The van der Waals surface area contributed by atoms with Crippen molar-refractivity contribution >= 4 is 23.2 Å². The number of alkyl halides is 6. The van der Waals surface area contributed by atoms with Crippen LogP contribution in [0.15, 0.2) is 59.4 Å². The SMILES string of the molecule is O=C(Nc1cccc(C(F)(F)F)c1)c1nn(-c2ccc(Cl)cc2)c(=O)cc1C(F)(F)F. The quantitative estimate of drug-likeness (QED) is 0.547. The van der Waals surface area contributed by atoms with Crippen LogP contribution in [0.2, 0.25) is 5.02 Å². The van der Waals surface area contributed by atoms with Crippen molar-refractivity contribution in [3.63, 3.8) is 0 Å². The molecule has 0 spiro atoms. The van der Waals surface area contributed by atoms with Crippen molar-refractivity contribution in [3.8, 4) is 5.69 Å². The van der Waals surface area contributed by atoms with Gasteiger partial charge in [-0.2, -0.15) is 36.1 Å². The summed E-state index contributed by atoms with van der Waals surface area (Å²) in [4.78, 5) is 24.7. The second-order valence-electron chi connectivity index (χ2n) is 6.16. The van der Waals surface area contributed by atoms with Crippen LogP contribution in [0.5, 0.6) is 0 Å². The molecule has 0 radical (unpaired) electrons. The first kappa shape index (κ1) is 22.3. The summed E-state index contributed by atoms with van der Waals surface area (Å²) in [7, 11) is 0. The summed E-state index contributed by atoms with van der Waals surface area (Å²) in [6, 6.07) is 8.80. The van der Waals surface area contributed by atoms with Crippen molar-refractivity contribution in [2.45, 2.75) is 12.4 Å². The molecule has 12 heteroatoms. The number of aromatic nitrogens is 2. The second-order valence-corrected chi connectivity index (χ2v) is 6.60. The Kier molecular flexibility index (Phi) is 5.81. The summed E-state index contributed by atoms with van der Waals surface area (Å²) in [6.45, 7) is 0. The van der Waals surface area contributed by atoms with E-state index in [1.807, 2.05) is 5.32 Å². The number of halogens is 7. The molecular weight excluding hydrogens is 452 g/mol. The molecule has 0 saturated heterocycles. The van der Waals surface area contributed by atoms with Crippen molar-refractivity contribution < 1.29 is 31.1 Å². The number of amides is 1. The van der Waals surface area contributed by atoms with Crippen LogP contribution in [0, 0.1) is 0 Å². The van der Waals surface area contributed by atoms with Crippen molar-refractivity contribution in [2.24, 2.45) is 0 Å². The van der Waals surface area contributed by atoms with E-state index in [9.17, 15) is 35.9 Å². The van der Waals surface area contributed by atoms with Gasteiger partial charge in [-0.3, -0.25) is 9.59 Å². The number of carbonyl (C=O) groups is 1. The third-order valence-corrected chi connectivity index (χ3v) is 4.22. The van der Waals surface area contributed by atoms with Crippen molar-refractivity contribution in [1.82, 2.24) is 9.78 Å². The number of hydrogen-bond donors (Lipinski definition) is 1. The van der Waals surface area contributed by atoms with Crippen LogP contribution in [0.3, 0.4) is 0 Å². The van der Waals surface area contributed by atoms with Gasteiger partial charge in [0, 0.05) is 16.8 Å². The van der Waals surface area contributed by atoms with Gasteiger partial charge in [0.05, 0.1) is 16.8 Å². The predicted molar refractivity (Wildman–Crippen MR) is 99.2 cm³/mol. The van der Waals surface area contributed by atoms with Crippen molar-refractivity contribution in [1.29, 1.82) is 0 Å². The van der Waals surface area contributed by atoms with E-state index < -0.39 is 46.3 Å². The molecular formula is C19H10ClF6N3O2. The third kappa shape index (κ3) is 5.05. The van der Waals surface area contributed by atoms with Gasteiger partial charge >= 0.3 is 12.4 Å². The molecule has 3 aromatic rings. The lowest BCUT2D eigenvalue weighted by Gasteiger charge is -2.15. The van der Waals surface area contributed by atoms with Gasteiger partial charge in [0.25, 0.3) is 11.5 Å². The second kappa shape index (κ2) is 8.06. The summed E-state index contributed by atoms with van der Waals surface area (Å²) < 4.78 is 79.3. The molecule has 1 aromatic heterocycles. The highest BCUT2D eigenvalue weighted by atomic mass is 35.5. The summed E-state index contributed by atoms with van der Waals surface area (Å²) in [5, 5.41) is 5.75. The fourth-order valence-corrected chi connectivity index (χ4v) is 2.70. The van der Waals surface area contributed by atoms with E-state index >= 15 is 0 Å². The zero-order chi connectivity index (χ0) is 23.0. The first-order valence-corrected chi connectivity index (χ1v) is 8.70. The largest absolute Gasteiger partial charge is 0.418 e. The van der Waals surface area contributed by atoms with Crippen LogP contribution in [0.1, 0.15) is 21.6 Å². The Morgan fingerprint density at radius 2 is 1.58 bits per heavy atom. The van der Waals surface area contributed by atoms with Crippen molar-refractivity contribution in [2.75, 3.05) is 5.32 Å². The molecule has 0 atom stereocenters. The summed E-state index contributed by atoms with van der Waals surface area (Å²) in [5.41, 5.74) is -5.49. The summed E-state index contributed by atoms with van der Waals surface area (Å²) in [6.07, 6.45) is -9.84. The number of hydrogen-bond acceptors (Lipinski definition) is 3. The van der Waals surface area contributed by atoms with E-state index in [2.05, 4.69) is 5.10 Å². The molecule has 0 aliphatic rings. The van der Waals surface area contributed by atoms with Crippen molar-refractivity contribution in [3.05, 3.63) is 86.8 Å². The molecule has 0 saturated carbocycles. The number of nitrogens with one attached hydrogen (secondary N) is 1. The maximum Gasteiger partial charge on any atom is 0.418 e. The lowest BCUT2D eigenvalue weighted by molar-refractivity contribution is -0.138. The Bertz CT molecular complexity index is 1190. The fourth-order valence-electron chi connectivity index (χ4n) is 2.57. The zero-order valence-corrected chi connectivity index (χ0v) is 15.8. The van der Waals surface area contributed by atoms with Gasteiger partial charge in [0.2, 0.25) is 0 Å². The Hall–Kier alpha value is -3.34. The first-order valence-electron chi connectivity index (χ1n) is 8.32. The molecule has 1 amide bonds. The minimum Gasteiger partial charge on any atom is -0.321 e. The minimum atomic E-state index is -5.12. The molecule has 3 rings (SSSR count). The number of benzene rings is 2. The van der Waals surface area contributed by atoms with E-state index in [1.165, 1.54) is 24.3 Å². The Balaban J connectivity index is 2.08. The highest BCUT2D eigenvalue weighted by molar-refractivity contribution is 6.30. The van der Waals surface area contributed by atoms with Gasteiger partial charge in [-0.15, -0.1) is 0 Å². The molecule has 0 aliphatic carbocycles. The molecule has 1 N–H and O–H groups in total. The van der Waals surface area contributed by atoms with Crippen LogP contribution < -0.4 is 10.9 Å². The van der Waals surface area contributed by atoms with Crippen LogP contribution in [-0.2, 0) is 12.4 Å². The molecule has 1 heterocycles. The van der Waals surface area contributed by atoms with Gasteiger partial charge in [-0.05, 0) is 42.5 Å². The third-order valence-electron chi connectivity index (χ3n) is 3.97. The Morgan fingerprint density at radius 1 is 0.935 bits per heavy atom. The Labute approximate surface area is 174 Å². The van der Waals surface area contributed by atoms with Crippen LogP contribution in [-0.4, -0.2) is 15.7 Å². The smallest absolute Gasteiger partial charge is 0.321 e. The van der Waals surface area contributed by atoms with Gasteiger partial charge in [-0.25, -0.2) is 0 Å². The van der Waals surface area contributed by atoms with E-state index in [0.29, 0.717) is 10.7 Å². The average molecular weight is 462 g/mol. The first-order chi connectivity index (χ1) is 14.4. The fraction of sp³-hybridized carbons (Fsp3) is 0.105. The minimum absolute atomic E-state index is 0.0243. The van der Waals surface area contributed by atoms with E-state index in [0.717, 1.165) is 18.2 Å². The lowest BCUT2D eigenvalue weighted by Crippen LogP contribution is -2.30. The topological polar surface area (TPSA) is 64.0 Å². The predicted octanol–water partition coefficient (Wildman–Crippen LogP) is 5.18. The van der Waals surface area contributed by atoms with Gasteiger partial charge < -0.3 is 5.32 Å². The van der Waals surface area contributed by atoms with Gasteiger partial charge in [0.1, 0.15) is 0 Å². The zero-order valence-electron chi connectivity index (χ0n) is 15.1. The van der Waals surface area contributed by atoms with E-state index in [1.54, 1.807) is 0 Å². The highest BCUT2D eigenvalue weighted by Gasteiger charge is 2.38. The lowest BCUT2D eigenvalue weighted by atomic mass is 10.1. The molecule has 162 valence electrons. The summed E-state index contributed by atoms with van der Waals surface area (Å²) >= 11 is 5.74. The van der Waals surface area contributed by atoms with Crippen LogP contribution >= 0.6 is 11.6 Å². The number of anilines is 1. The average Bonchev–Trinajstić information content (AvgIpc) is 2.67. The standard InChI is InChI=1S/C19H10ClF6N3O2/c20-11-4-6-13(7-5-11)29-15(30)9-14(19(24,25)26)16(28-29)17(31)27-12-3-1-2-10(8-12)18(21,22)23/h1-9H,(H,27,31). The number of carbonyl (C=O) groups excluding carboxylic acids is 1. The van der Waals surface area contributed by atoms with E-state index in [-0.39, 0.29) is 16.8 Å². The highest BCUT2D eigenvalue weighted by Crippen LogP contribution is 2.32. The van der Waals surface area contributed by atoms with Crippen LogP contribution in [0.4, 0.5) is 32.0 Å². The monoisotopic (exact) mass is 461 g/mol. The Morgan fingerprint density at radius 3 is 2.16 bits per heavy atom. The van der Waals surface area contributed by atoms with Gasteiger partial charge in [0.15, 0.2) is 5.69 Å². The molecule has 2 aromatic carbocycles. The number of nitrogens with zero attached hydrogens (tertiary/aromatic N) is 2. The molecule has 0 unspecified atom stereocenters. The molecule has 0 bridgehead atoms. The molecule has 0 fully saturated rings. The van der Waals surface area contributed by atoms with Gasteiger partial charge in [-0.1, -0.05) is 17.7 Å². The molecule has 31 heavy (non-hydrogen) atoms. The maximum absolute atomic E-state index is 13.4. The molecule has 0 aliphatic heterocycles.